The Bertz CT molecular complexity index is 215. The molecule has 1 aromatic carbocycles. The van der Waals surface area contributed by atoms with Gasteiger partial charge >= 0.3 is 0 Å². The van der Waals surface area contributed by atoms with E-state index in [1.54, 1.807) is 6.92 Å². The van der Waals surface area contributed by atoms with E-state index in [1.165, 1.54) is 0 Å². The van der Waals surface area contributed by atoms with Crippen LogP contribution in [-0.4, -0.2) is 19.8 Å². The average molecular weight is 249 g/mol. The molecule has 1 nitrogen and oxygen atoms in total. The Kier molecular flexibility index (Phi) is 9.51. The molecule has 0 heterocycles. The van der Waals surface area contributed by atoms with Crippen LogP contribution in [0.2, 0.25) is 6.04 Å². The number of hydrogen-bond acceptors (Lipinski definition) is 1. The van der Waals surface area contributed by atoms with Crippen molar-refractivity contribution < 1.29 is 5.11 Å². The van der Waals surface area contributed by atoms with Crippen molar-refractivity contribution in [1.82, 2.24) is 0 Å². The summed E-state index contributed by atoms with van der Waals surface area (Å²) in [6, 6.07) is 10.5. The fourth-order valence-corrected chi connectivity index (χ4v) is 1.70. The third-order valence-corrected chi connectivity index (χ3v) is 2.98. The monoisotopic (exact) mass is 248 g/mol. The highest BCUT2D eigenvalue weighted by Gasteiger charge is 1.95. The van der Waals surface area contributed by atoms with Gasteiger partial charge in [0.25, 0.3) is 0 Å². The van der Waals surface area contributed by atoms with Crippen LogP contribution in [0.5, 0.6) is 0 Å². The molecule has 0 spiro atoms. The summed E-state index contributed by atoms with van der Waals surface area (Å²) in [4.78, 5) is 0. The molecule has 0 fully saturated rings. The molecule has 1 N–H and O–H groups in total. The van der Waals surface area contributed by atoms with Crippen molar-refractivity contribution in [1.29, 1.82) is 0 Å². The van der Waals surface area contributed by atoms with Gasteiger partial charge in [-0.2, -0.15) is 11.1 Å². The highest BCUT2D eigenvalue weighted by atomic mass is 35.6. The molecule has 14 heavy (non-hydrogen) atoms. The van der Waals surface area contributed by atoms with E-state index in [0.29, 0.717) is 14.7 Å². The number of halogens is 2. The van der Waals surface area contributed by atoms with E-state index in [4.69, 9.17) is 27.8 Å². The molecule has 0 aliphatic heterocycles. The van der Waals surface area contributed by atoms with Gasteiger partial charge in [0.2, 0.25) is 0 Å². The lowest BCUT2D eigenvalue weighted by Gasteiger charge is -2.00. The SMILES string of the molecule is CC(O)c1ccccc1.ClCC[Si]Cl. The van der Waals surface area contributed by atoms with Gasteiger partial charge < -0.3 is 5.11 Å². The maximum absolute atomic E-state index is 9.02. The minimum absolute atomic E-state index is 0.341. The van der Waals surface area contributed by atoms with E-state index < -0.39 is 0 Å². The largest absolute Gasteiger partial charge is 0.389 e. The molecule has 4 heteroatoms. The van der Waals surface area contributed by atoms with Crippen LogP contribution in [0.4, 0.5) is 0 Å². The quantitative estimate of drug-likeness (QED) is 0.495. The Labute approximate surface area is 97.6 Å². The zero-order valence-electron chi connectivity index (χ0n) is 8.08. The maximum Gasteiger partial charge on any atom is 0.173 e. The molecular formula is C10H14Cl2OSi. The summed E-state index contributed by atoms with van der Waals surface area (Å²) >= 11 is 10.5. The van der Waals surface area contributed by atoms with Crippen LogP contribution in [0.15, 0.2) is 30.3 Å². The molecular weight excluding hydrogens is 235 g/mol. The van der Waals surface area contributed by atoms with E-state index >= 15 is 0 Å². The van der Waals surface area contributed by atoms with E-state index in [-0.39, 0.29) is 6.10 Å². The Balaban J connectivity index is 0.000000292. The molecule has 0 saturated heterocycles. The number of aliphatic hydroxyl groups excluding tert-OH is 1. The second kappa shape index (κ2) is 9.53. The highest BCUT2D eigenvalue weighted by molar-refractivity contribution is 6.93. The first-order valence-electron chi connectivity index (χ1n) is 4.34. The van der Waals surface area contributed by atoms with Gasteiger partial charge in [-0.25, -0.2) is 0 Å². The van der Waals surface area contributed by atoms with Crippen LogP contribution < -0.4 is 0 Å². The van der Waals surface area contributed by atoms with Crippen molar-refractivity contribution >= 4 is 31.5 Å². The van der Waals surface area contributed by atoms with E-state index in [2.05, 4.69) is 0 Å². The summed E-state index contributed by atoms with van der Waals surface area (Å²) in [6.45, 7) is 1.76. The molecule has 1 unspecified atom stereocenters. The molecule has 78 valence electrons. The van der Waals surface area contributed by atoms with Crippen LogP contribution in [0, 0.1) is 0 Å². The van der Waals surface area contributed by atoms with Gasteiger partial charge in [-0.05, 0) is 18.5 Å². The van der Waals surface area contributed by atoms with Crippen LogP contribution in [0.1, 0.15) is 18.6 Å². The van der Waals surface area contributed by atoms with Gasteiger partial charge in [0.05, 0.1) is 6.10 Å². The second-order valence-electron chi connectivity index (χ2n) is 2.66. The first-order valence-corrected chi connectivity index (χ1v) is 7.10. The summed E-state index contributed by atoms with van der Waals surface area (Å²) < 4.78 is 0. The molecule has 0 aliphatic carbocycles. The summed E-state index contributed by atoms with van der Waals surface area (Å²) in [6.07, 6.45) is -0.341. The third kappa shape index (κ3) is 7.39. The first-order chi connectivity index (χ1) is 6.72. The van der Waals surface area contributed by atoms with E-state index in [1.807, 2.05) is 30.3 Å². The number of benzene rings is 1. The molecule has 0 aliphatic rings. The molecule has 2 radical (unpaired) electrons. The van der Waals surface area contributed by atoms with Gasteiger partial charge in [0.15, 0.2) is 8.83 Å². The Hall–Kier alpha value is -0.0231. The van der Waals surface area contributed by atoms with Gasteiger partial charge in [-0.15, -0.1) is 11.6 Å². The lowest BCUT2D eigenvalue weighted by atomic mass is 10.1. The minimum atomic E-state index is -0.341. The topological polar surface area (TPSA) is 20.2 Å². The van der Waals surface area contributed by atoms with Crippen molar-refractivity contribution in [3.63, 3.8) is 0 Å². The molecule has 0 aromatic heterocycles. The predicted molar refractivity (Wildman–Crippen MR) is 64.2 cm³/mol. The van der Waals surface area contributed by atoms with Crippen molar-refractivity contribution in [2.75, 3.05) is 5.88 Å². The summed E-state index contributed by atoms with van der Waals surface area (Å²) in [5.41, 5.74) is 0.970. The Morgan fingerprint density at radius 2 is 1.93 bits per heavy atom. The zero-order valence-corrected chi connectivity index (χ0v) is 10.6. The molecule has 0 saturated carbocycles. The van der Waals surface area contributed by atoms with E-state index in [9.17, 15) is 0 Å². The average Bonchev–Trinajstić information content (AvgIpc) is 2.21. The van der Waals surface area contributed by atoms with Crippen molar-refractivity contribution in [2.24, 2.45) is 0 Å². The summed E-state index contributed by atoms with van der Waals surface area (Å²) in [7, 11) is 0.498. The molecule has 1 atom stereocenters. The third-order valence-electron chi connectivity index (χ3n) is 1.47. The normalized spacial score (nSPS) is 11.4. The number of hydrogen-bond donors (Lipinski definition) is 1. The smallest absolute Gasteiger partial charge is 0.173 e. The Morgan fingerprint density at radius 1 is 1.36 bits per heavy atom. The zero-order chi connectivity index (χ0) is 10.8. The van der Waals surface area contributed by atoms with Gasteiger partial charge in [0.1, 0.15) is 0 Å². The Morgan fingerprint density at radius 3 is 2.14 bits per heavy atom. The molecule has 1 rings (SSSR count). The van der Waals surface area contributed by atoms with Gasteiger partial charge in [-0.1, -0.05) is 30.3 Å². The van der Waals surface area contributed by atoms with Crippen molar-refractivity contribution in [3.05, 3.63) is 35.9 Å². The fourth-order valence-electron chi connectivity index (χ4n) is 0.767. The minimum Gasteiger partial charge on any atom is -0.389 e. The predicted octanol–water partition coefficient (Wildman–Crippen LogP) is 3.24. The molecule has 0 bridgehead atoms. The number of aliphatic hydroxyl groups is 1. The first kappa shape index (κ1) is 14.0. The van der Waals surface area contributed by atoms with Crippen LogP contribution in [0.3, 0.4) is 0 Å². The standard InChI is InChI=1S/C8H10O.C2H4Cl2Si/c1-7(9)8-5-3-2-4-6-8;3-1-2-5-4/h2-7,9H,1H3;1-2H2. The van der Waals surface area contributed by atoms with Crippen molar-refractivity contribution in [2.45, 2.75) is 19.1 Å². The van der Waals surface area contributed by atoms with Crippen LogP contribution >= 0.6 is 22.7 Å². The van der Waals surface area contributed by atoms with Crippen molar-refractivity contribution in [3.8, 4) is 0 Å². The number of alkyl halides is 1. The fraction of sp³-hybridized carbons (Fsp3) is 0.400. The summed E-state index contributed by atoms with van der Waals surface area (Å²) in [5, 5.41) is 9.02. The molecule has 0 amide bonds. The summed E-state index contributed by atoms with van der Waals surface area (Å²) in [5.74, 6) is 0.696. The second-order valence-corrected chi connectivity index (χ2v) is 4.61. The lowest BCUT2D eigenvalue weighted by molar-refractivity contribution is 0.199. The maximum atomic E-state index is 9.02. The molecule has 1 aromatic rings. The van der Waals surface area contributed by atoms with Crippen LogP contribution in [0.25, 0.3) is 0 Å². The van der Waals surface area contributed by atoms with Gasteiger partial charge in [-0.3, -0.25) is 0 Å². The lowest BCUT2D eigenvalue weighted by Crippen LogP contribution is -1.87. The number of rotatable bonds is 3. The van der Waals surface area contributed by atoms with Crippen LogP contribution in [-0.2, 0) is 0 Å². The van der Waals surface area contributed by atoms with E-state index in [0.717, 1.165) is 11.6 Å². The highest BCUT2D eigenvalue weighted by Crippen LogP contribution is 2.09. The van der Waals surface area contributed by atoms with Gasteiger partial charge in [0, 0.05) is 5.88 Å².